The van der Waals surface area contributed by atoms with Crippen molar-refractivity contribution in [3.63, 3.8) is 0 Å². The molecule has 31 heavy (non-hydrogen) atoms. The second-order valence-electron chi connectivity index (χ2n) is 8.07. The molecule has 2 heterocycles. The molecule has 2 aliphatic heterocycles. The molecule has 2 rings (SSSR count). The molecule has 2 saturated heterocycles. The maximum absolute atomic E-state index is 13.5. The van der Waals surface area contributed by atoms with Crippen LogP contribution < -0.4 is 17.2 Å². The fourth-order valence-corrected chi connectivity index (χ4v) is 5.94. The fourth-order valence-electron chi connectivity index (χ4n) is 4.00. The van der Waals surface area contributed by atoms with Gasteiger partial charge in [0.05, 0.1) is 12.1 Å². The Morgan fingerprint density at radius 2 is 1.90 bits per heavy atom. The van der Waals surface area contributed by atoms with Crippen LogP contribution >= 0.6 is 0 Å². The van der Waals surface area contributed by atoms with Gasteiger partial charge in [0.2, 0.25) is 0 Å². The zero-order valence-electron chi connectivity index (χ0n) is 17.3. The quantitative estimate of drug-likeness (QED) is 0.174. The second-order valence-corrected chi connectivity index (χ2v) is 9.88. The van der Waals surface area contributed by atoms with Gasteiger partial charge in [-0.15, -0.1) is 0 Å². The van der Waals surface area contributed by atoms with Crippen molar-refractivity contribution in [2.24, 2.45) is 23.1 Å². The lowest BCUT2D eigenvalue weighted by molar-refractivity contribution is -0.144. The molecule has 0 bridgehead atoms. The van der Waals surface area contributed by atoms with E-state index in [9.17, 15) is 23.1 Å². The Bertz CT molecular complexity index is 750. The van der Waals surface area contributed by atoms with Crippen LogP contribution in [-0.2, 0) is 24.5 Å². The lowest BCUT2D eigenvalue weighted by atomic mass is 9.78. The molecular formula is C16H32BN5O8S. The lowest BCUT2D eigenvalue weighted by Crippen LogP contribution is -2.59. The van der Waals surface area contributed by atoms with E-state index in [4.69, 9.17) is 32.0 Å². The van der Waals surface area contributed by atoms with Crippen LogP contribution in [0.1, 0.15) is 25.7 Å². The number of hydrogen-bond acceptors (Lipinski definition) is 10. The summed E-state index contributed by atoms with van der Waals surface area (Å²) in [5.74, 6) is -3.02. The van der Waals surface area contributed by atoms with Gasteiger partial charge >= 0.3 is 23.3 Å². The molecule has 0 spiro atoms. The van der Waals surface area contributed by atoms with Gasteiger partial charge in [-0.1, -0.05) is 6.42 Å². The van der Waals surface area contributed by atoms with E-state index in [0.717, 1.165) is 8.61 Å². The summed E-state index contributed by atoms with van der Waals surface area (Å²) in [5, 5.41) is 27.7. The molecule has 3 atom stereocenters. The Morgan fingerprint density at radius 1 is 1.29 bits per heavy atom. The van der Waals surface area contributed by atoms with E-state index in [1.54, 1.807) is 0 Å². The SMILES string of the molecule is NCC(N)C(=O)N(C1CCOCC1)S(=O)(=O)N1C[C@H](CCCB(O)O)[C@](N)(C(=O)O)C1. The first kappa shape index (κ1) is 25.9. The van der Waals surface area contributed by atoms with Crippen molar-refractivity contribution in [2.45, 2.75) is 49.6 Å². The average molecular weight is 465 g/mol. The Labute approximate surface area is 181 Å². The van der Waals surface area contributed by atoms with Crippen molar-refractivity contribution in [1.82, 2.24) is 8.61 Å². The number of carboxylic acid groups (broad SMARTS) is 1. The van der Waals surface area contributed by atoms with Crippen molar-refractivity contribution in [2.75, 3.05) is 32.8 Å². The van der Waals surface area contributed by atoms with Gasteiger partial charge in [-0.2, -0.15) is 12.7 Å². The highest BCUT2D eigenvalue weighted by Crippen LogP contribution is 2.34. The Kier molecular flexibility index (Phi) is 8.81. The van der Waals surface area contributed by atoms with E-state index in [2.05, 4.69) is 0 Å². The van der Waals surface area contributed by atoms with E-state index < -0.39 is 59.3 Å². The van der Waals surface area contributed by atoms with Crippen molar-refractivity contribution in [3.05, 3.63) is 0 Å². The van der Waals surface area contributed by atoms with E-state index in [-0.39, 0.29) is 58.3 Å². The van der Waals surface area contributed by atoms with Gasteiger partial charge in [-0.05, 0) is 25.6 Å². The number of carboxylic acids is 1. The van der Waals surface area contributed by atoms with E-state index in [1.165, 1.54) is 0 Å². The summed E-state index contributed by atoms with van der Waals surface area (Å²) in [7, 11) is -6.01. The van der Waals surface area contributed by atoms with E-state index in [0.29, 0.717) is 0 Å². The van der Waals surface area contributed by atoms with Crippen molar-refractivity contribution >= 4 is 29.2 Å². The zero-order chi connectivity index (χ0) is 23.4. The zero-order valence-corrected chi connectivity index (χ0v) is 18.1. The number of ether oxygens (including phenoxy) is 1. The van der Waals surface area contributed by atoms with E-state index in [1.807, 2.05) is 0 Å². The molecule has 0 aromatic heterocycles. The highest BCUT2D eigenvalue weighted by Gasteiger charge is 2.54. The maximum Gasteiger partial charge on any atom is 0.451 e. The number of hydrogen-bond donors (Lipinski definition) is 6. The van der Waals surface area contributed by atoms with Crippen LogP contribution in [0.2, 0.25) is 6.32 Å². The molecule has 0 radical (unpaired) electrons. The van der Waals surface area contributed by atoms with Gasteiger partial charge in [0, 0.05) is 38.8 Å². The van der Waals surface area contributed by atoms with Gasteiger partial charge < -0.3 is 37.1 Å². The molecular weight excluding hydrogens is 433 g/mol. The molecule has 2 aliphatic rings. The van der Waals surface area contributed by atoms with E-state index >= 15 is 0 Å². The van der Waals surface area contributed by atoms with Crippen LogP contribution in [0.25, 0.3) is 0 Å². The number of rotatable bonds is 10. The van der Waals surface area contributed by atoms with Gasteiger partial charge in [0.15, 0.2) is 0 Å². The number of nitrogens with two attached hydrogens (primary N) is 3. The van der Waals surface area contributed by atoms with Gasteiger partial charge in [-0.3, -0.25) is 9.59 Å². The van der Waals surface area contributed by atoms with Crippen molar-refractivity contribution < 1.29 is 37.9 Å². The first-order valence-corrected chi connectivity index (χ1v) is 11.6. The average Bonchev–Trinajstić information content (AvgIpc) is 3.06. The number of aliphatic carboxylic acids is 1. The Balaban J connectivity index is 2.32. The van der Waals surface area contributed by atoms with Gasteiger partial charge in [-0.25, -0.2) is 4.31 Å². The summed E-state index contributed by atoms with van der Waals surface area (Å²) in [6.07, 6.45) is 0.960. The first-order chi connectivity index (χ1) is 14.4. The minimum absolute atomic E-state index is 0.00299. The monoisotopic (exact) mass is 465 g/mol. The fraction of sp³-hybridized carbons (Fsp3) is 0.875. The van der Waals surface area contributed by atoms with Gasteiger partial charge in [0.1, 0.15) is 5.54 Å². The second kappa shape index (κ2) is 10.5. The normalized spacial score (nSPS) is 26.5. The highest BCUT2D eigenvalue weighted by molar-refractivity contribution is 7.87. The van der Waals surface area contributed by atoms with Crippen molar-refractivity contribution in [1.29, 1.82) is 0 Å². The third-order valence-corrected chi connectivity index (χ3v) is 7.80. The first-order valence-electron chi connectivity index (χ1n) is 10.2. The topological polar surface area (TPSA) is 223 Å². The third kappa shape index (κ3) is 5.73. The molecule has 0 saturated carbocycles. The maximum atomic E-state index is 13.5. The molecule has 1 amide bonds. The minimum Gasteiger partial charge on any atom is -0.480 e. The van der Waals surface area contributed by atoms with Crippen LogP contribution in [0.5, 0.6) is 0 Å². The summed E-state index contributed by atoms with van der Waals surface area (Å²) in [5.41, 5.74) is 15.4. The molecule has 13 nitrogen and oxygen atoms in total. The number of amides is 1. The summed E-state index contributed by atoms with van der Waals surface area (Å²) in [6, 6.07) is -1.92. The largest absolute Gasteiger partial charge is 0.480 e. The van der Waals surface area contributed by atoms with Gasteiger partial charge in [0.25, 0.3) is 5.91 Å². The highest BCUT2D eigenvalue weighted by atomic mass is 32.2. The summed E-state index contributed by atoms with van der Waals surface area (Å²) < 4.78 is 33.9. The van der Waals surface area contributed by atoms with Crippen molar-refractivity contribution in [3.8, 4) is 0 Å². The molecule has 2 fully saturated rings. The number of carbonyl (C=O) groups excluding carboxylic acids is 1. The Morgan fingerprint density at radius 3 is 2.42 bits per heavy atom. The van der Waals surface area contributed by atoms with Crippen LogP contribution in [0.15, 0.2) is 0 Å². The summed E-state index contributed by atoms with van der Waals surface area (Å²) in [6.45, 7) is -0.469. The van der Waals surface area contributed by atoms with Crippen LogP contribution in [-0.4, -0.2) is 102 Å². The summed E-state index contributed by atoms with van der Waals surface area (Å²) >= 11 is 0. The standard InChI is InChI=1S/C16H32BN5O8S/c18-8-13(19)14(23)22(12-3-6-30-7-4-12)31(28,29)21-9-11(2-1-5-17(26)27)16(20,10-21)15(24)25/h11-13,26-27H,1-10,18-20H2,(H,24,25)/t11-,13?,16-/m0/s1. The molecule has 0 aromatic carbocycles. The predicted molar refractivity (Wildman–Crippen MR) is 110 cm³/mol. The van der Waals surface area contributed by atoms with Crippen LogP contribution in [0.3, 0.4) is 0 Å². The molecule has 0 aromatic rings. The lowest BCUT2D eigenvalue weighted by Gasteiger charge is -2.37. The van der Waals surface area contributed by atoms with Crippen LogP contribution in [0.4, 0.5) is 0 Å². The van der Waals surface area contributed by atoms with Crippen LogP contribution in [0, 0.1) is 5.92 Å². The predicted octanol–water partition coefficient (Wildman–Crippen LogP) is -3.51. The molecule has 9 N–H and O–H groups in total. The minimum atomic E-state index is -4.45. The molecule has 0 aliphatic carbocycles. The number of carbonyl (C=O) groups is 2. The third-order valence-electron chi connectivity index (χ3n) is 5.89. The Hall–Kier alpha value is -1.33. The smallest absolute Gasteiger partial charge is 0.451 e. The molecule has 15 heteroatoms. The molecule has 178 valence electrons. The number of nitrogens with zero attached hydrogens (tertiary/aromatic N) is 2. The molecule has 1 unspecified atom stereocenters. The summed E-state index contributed by atoms with van der Waals surface area (Å²) in [4.78, 5) is 24.8.